The third-order valence-electron chi connectivity index (χ3n) is 5.89. The van der Waals surface area contributed by atoms with Crippen LogP contribution in [0.2, 0.25) is 0 Å². The second-order valence-electron chi connectivity index (χ2n) is 7.78. The number of rotatable bonds is 3. The highest BCUT2D eigenvalue weighted by Crippen LogP contribution is 2.47. The lowest BCUT2D eigenvalue weighted by atomic mass is 9.91. The molecule has 1 aromatic heterocycles. The van der Waals surface area contributed by atoms with E-state index in [1.54, 1.807) is 11.3 Å². The molecule has 2 saturated heterocycles. The van der Waals surface area contributed by atoms with E-state index in [1.807, 2.05) is 0 Å². The molecule has 4 nitrogen and oxygen atoms in total. The monoisotopic (exact) mass is 333 g/mol. The van der Waals surface area contributed by atoms with E-state index >= 15 is 0 Å². The van der Waals surface area contributed by atoms with Gasteiger partial charge in [-0.05, 0) is 63.4 Å². The Hall–Kier alpha value is -1.07. The van der Waals surface area contributed by atoms with Gasteiger partial charge in [0.2, 0.25) is 0 Å². The van der Waals surface area contributed by atoms with Crippen molar-refractivity contribution in [3.05, 3.63) is 22.4 Å². The Bertz CT molecular complexity index is 557. The molecule has 3 fully saturated rings. The first-order valence-corrected chi connectivity index (χ1v) is 9.81. The van der Waals surface area contributed by atoms with Crippen LogP contribution >= 0.6 is 11.3 Å². The average molecular weight is 334 g/mol. The SMILES string of the molecule is CC(C)N1C(=O)N(Cc2cccs2)CC12CC1CCCNC1C2. The van der Waals surface area contributed by atoms with Crippen LogP contribution in [0.15, 0.2) is 17.5 Å². The van der Waals surface area contributed by atoms with Crippen molar-refractivity contribution in [3.8, 4) is 0 Å². The number of nitrogens with one attached hydrogen (secondary N) is 1. The zero-order valence-electron chi connectivity index (χ0n) is 14.1. The molecule has 1 spiro atoms. The summed E-state index contributed by atoms with van der Waals surface area (Å²) >= 11 is 1.75. The first-order valence-electron chi connectivity index (χ1n) is 8.93. The third-order valence-corrected chi connectivity index (χ3v) is 6.75. The van der Waals surface area contributed by atoms with Gasteiger partial charge in [0.05, 0.1) is 12.1 Å². The Morgan fingerprint density at radius 2 is 2.30 bits per heavy atom. The molecule has 3 heterocycles. The van der Waals surface area contributed by atoms with E-state index in [1.165, 1.54) is 24.1 Å². The van der Waals surface area contributed by atoms with E-state index in [4.69, 9.17) is 0 Å². The summed E-state index contributed by atoms with van der Waals surface area (Å²) in [6, 6.07) is 5.34. The molecule has 3 unspecified atom stereocenters. The van der Waals surface area contributed by atoms with Gasteiger partial charge in [0.1, 0.15) is 0 Å². The molecule has 1 aliphatic carbocycles. The Morgan fingerprint density at radius 1 is 1.43 bits per heavy atom. The first-order chi connectivity index (χ1) is 11.1. The fourth-order valence-electron chi connectivity index (χ4n) is 5.15. The van der Waals surface area contributed by atoms with Gasteiger partial charge in [-0.1, -0.05) is 6.07 Å². The van der Waals surface area contributed by atoms with E-state index in [2.05, 4.69) is 46.5 Å². The summed E-state index contributed by atoms with van der Waals surface area (Å²) in [5.41, 5.74) is 0.0508. The quantitative estimate of drug-likeness (QED) is 0.921. The number of carbonyl (C=O) groups excluding carboxylic acids is 1. The number of hydrogen-bond donors (Lipinski definition) is 1. The summed E-state index contributed by atoms with van der Waals surface area (Å²) in [5, 5.41) is 5.81. The second-order valence-corrected chi connectivity index (χ2v) is 8.81. The van der Waals surface area contributed by atoms with Crippen molar-refractivity contribution >= 4 is 17.4 Å². The van der Waals surface area contributed by atoms with Crippen molar-refractivity contribution in [2.45, 2.75) is 63.7 Å². The van der Waals surface area contributed by atoms with Gasteiger partial charge in [0, 0.05) is 23.5 Å². The maximum Gasteiger partial charge on any atom is 0.321 e. The summed E-state index contributed by atoms with van der Waals surface area (Å²) < 4.78 is 0. The molecule has 23 heavy (non-hydrogen) atoms. The van der Waals surface area contributed by atoms with Crippen molar-refractivity contribution in [2.24, 2.45) is 5.92 Å². The van der Waals surface area contributed by atoms with Crippen molar-refractivity contribution in [1.29, 1.82) is 0 Å². The molecule has 0 bridgehead atoms. The summed E-state index contributed by atoms with van der Waals surface area (Å²) in [6.07, 6.45) is 4.91. The predicted molar refractivity (Wildman–Crippen MR) is 93.6 cm³/mol. The lowest BCUT2D eigenvalue weighted by Crippen LogP contribution is -2.49. The van der Waals surface area contributed by atoms with Crippen LogP contribution in [0.3, 0.4) is 0 Å². The van der Waals surface area contributed by atoms with Crippen molar-refractivity contribution < 1.29 is 4.79 Å². The number of fused-ring (bicyclic) bond motifs is 1. The molecule has 126 valence electrons. The minimum absolute atomic E-state index is 0.0508. The van der Waals surface area contributed by atoms with Gasteiger partial charge in [-0.2, -0.15) is 0 Å². The van der Waals surface area contributed by atoms with E-state index in [-0.39, 0.29) is 17.6 Å². The molecule has 0 aromatic carbocycles. The topological polar surface area (TPSA) is 35.6 Å². The maximum atomic E-state index is 13.1. The molecular weight excluding hydrogens is 306 g/mol. The molecule has 3 atom stereocenters. The summed E-state index contributed by atoms with van der Waals surface area (Å²) in [6.45, 7) is 7.15. The highest BCUT2D eigenvalue weighted by atomic mass is 32.1. The predicted octanol–water partition coefficient (Wildman–Crippen LogP) is 3.29. The first kappa shape index (κ1) is 15.5. The van der Waals surface area contributed by atoms with Gasteiger partial charge in [0.25, 0.3) is 0 Å². The third kappa shape index (κ3) is 2.58. The lowest BCUT2D eigenvalue weighted by Gasteiger charge is -2.36. The second kappa shape index (κ2) is 5.78. The number of urea groups is 1. The molecular formula is C18H27N3OS. The van der Waals surface area contributed by atoms with E-state index in [0.717, 1.165) is 32.0 Å². The number of piperidine rings is 1. The Kier molecular flexibility index (Phi) is 3.88. The molecule has 0 radical (unpaired) electrons. The summed E-state index contributed by atoms with van der Waals surface area (Å²) in [4.78, 5) is 18.7. The molecule has 3 aliphatic rings. The maximum absolute atomic E-state index is 13.1. The molecule has 4 rings (SSSR count). The number of carbonyl (C=O) groups is 1. The molecule has 2 aliphatic heterocycles. The van der Waals surface area contributed by atoms with Crippen LogP contribution in [-0.2, 0) is 6.54 Å². The molecule has 1 aromatic rings. The van der Waals surface area contributed by atoms with Crippen molar-refractivity contribution in [3.63, 3.8) is 0 Å². The zero-order chi connectivity index (χ0) is 16.0. The van der Waals surface area contributed by atoms with Gasteiger partial charge in [-0.15, -0.1) is 11.3 Å². The largest absolute Gasteiger partial charge is 0.321 e. The van der Waals surface area contributed by atoms with Gasteiger partial charge >= 0.3 is 6.03 Å². The van der Waals surface area contributed by atoms with Crippen LogP contribution in [0, 0.1) is 5.92 Å². The van der Waals surface area contributed by atoms with Gasteiger partial charge < -0.3 is 15.1 Å². The number of hydrogen-bond acceptors (Lipinski definition) is 3. The van der Waals surface area contributed by atoms with Crippen LogP contribution in [0.4, 0.5) is 4.79 Å². The van der Waals surface area contributed by atoms with Crippen molar-refractivity contribution in [1.82, 2.24) is 15.1 Å². The number of amides is 2. The highest BCUT2D eigenvalue weighted by Gasteiger charge is 2.57. The average Bonchev–Trinajstić information content (AvgIpc) is 3.18. The molecule has 1 N–H and O–H groups in total. The fourth-order valence-corrected chi connectivity index (χ4v) is 5.87. The van der Waals surface area contributed by atoms with Gasteiger partial charge in [0.15, 0.2) is 0 Å². The van der Waals surface area contributed by atoms with Crippen LogP contribution in [-0.4, -0.2) is 46.5 Å². The van der Waals surface area contributed by atoms with Gasteiger partial charge in [-0.3, -0.25) is 0 Å². The smallest absolute Gasteiger partial charge is 0.317 e. The minimum Gasteiger partial charge on any atom is -0.317 e. The summed E-state index contributed by atoms with van der Waals surface area (Å²) in [5.74, 6) is 0.750. The molecule has 5 heteroatoms. The van der Waals surface area contributed by atoms with Crippen LogP contribution in [0.25, 0.3) is 0 Å². The Balaban J connectivity index is 1.59. The van der Waals surface area contributed by atoms with Crippen LogP contribution < -0.4 is 5.32 Å². The van der Waals surface area contributed by atoms with Crippen LogP contribution in [0.1, 0.15) is 44.4 Å². The van der Waals surface area contributed by atoms with Crippen LogP contribution in [0.5, 0.6) is 0 Å². The Morgan fingerprint density at radius 3 is 3.00 bits per heavy atom. The van der Waals surface area contributed by atoms with E-state index < -0.39 is 0 Å². The Labute approximate surface area is 142 Å². The normalized spacial score (nSPS) is 34.0. The summed E-state index contributed by atoms with van der Waals surface area (Å²) in [7, 11) is 0. The van der Waals surface area contributed by atoms with E-state index in [0.29, 0.717) is 6.04 Å². The number of thiophene rings is 1. The molecule has 2 amide bonds. The zero-order valence-corrected chi connectivity index (χ0v) is 14.9. The number of nitrogens with zero attached hydrogens (tertiary/aromatic N) is 2. The van der Waals surface area contributed by atoms with E-state index in [9.17, 15) is 4.79 Å². The minimum atomic E-state index is 0.0508. The highest BCUT2D eigenvalue weighted by molar-refractivity contribution is 7.09. The lowest BCUT2D eigenvalue weighted by molar-refractivity contribution is 0.128. The standard InChI is InChI=1S/C18H27N3OS/c1-13(2)21-17(22)20(11-15-6-4-8-23-15)12-18(21)9-14-5-3-7-19-16(14)10-18/h4,6,8,13-14,16,19H,3,5,7,9-12H2,1-2H3. The van der Waals surface area contributed by atoms with Gasteiger partial charge in [-0.25, -0.2) is 4.79 Å². The van der Waals surface area contributed by atoms with Crippen molar-refractivity contribution in [2.75, 3.05) is 13.1 Å². The molecule has 1 saturated carbocycles. The fraction of sp³-hybridized carbons (Fsp3) is 0.722.